The monoisotopic (exact) mass is 286 g/mol. The smallest absolute Gasteiger partial charge is 0.305 e. The summed E-state index contributed by atoms with van der Waals surface area (Å²) in [5.74, 6) is -0.160. The van der Waals surface area contributed by atoms with Crippen LogP contribution in [0.2, 0.25) is 0 Å². The number of methoxy groups -OCH3 is 1. The van der Waals surface area contributed by atoms with E-state index in [0.29, 0.717) is 13.0 Å². The van der Waals surface area contributed by atoms with E-state index in [9.17, 15) is 4.79 Å². The van der Waals surface area contributed by atoms with Gasteiger partial charge >= 0.3 is 5.97 Å². The third-order valence-electron chi connectivity index (χ3n) is 1.32. The number of halogens is 1. The largest absolute Gasteiger partial charge is 0.469 e. The van der Waals surface area contributed by atoms with Gasteiger partial charge in [-0.25, -0.2) is 0 Å². The first kappa shape index (κ1) is 12.2. The van der Waals surface area contributed by atoms with E-state index in [1.807, 2.05) is 0 Å². The van der Waals surface area contributed by atoms with Crippen molar-refractivity contribution in [1.29, 1.82) is 0 Å². The molecule has 0 fully saturated rings. The Hall–Kier alpha value is 0.160. The van der Waals surface area contributed by atoms with Gasteiger partial charge in [0.05, 0.1) is 7.11 Å². The minimum atomic E-state index is -0.160. The molecule has 0 aliphatic carbocycles. The second-order valence-corrected chi connectivity index (χ2v) is 3.41. The van der Waals surface area contributed by atoms with Crippen molar-refractivity contribution < 1.29 is 14.3 Å². The van der Waals surface area contributed by atoms with Crippen molar-refractivity contribution in [3.05, 3.63) is 0 Å². The molecule has 0 aromatic carbocycles. The Morgan fingerprint density at radius 2 is 2.00 bits per heavy atom. The van der Waals surface area contributed by atoms with E-state index >= 15 is 0 Å². The lowest BCUT2D eigenvalue weighted by Crippen LogP contribution is -2.03. The summed E-state index contributed by atoms with van der Waals surface area (Å²) in [5, 5.41) is 0. The fourth-order valence-corrected chi connectivity index (χ4v) is 0.991. The lowest BCUT2D eigenvalue weighted by Gasteiger charge is -2.01. The molecule has 12 heavy (non-hydrogen) atoms. The van der Waals surface area contributed by atoms with E-state index < -0.39 is 0 Å². The van der Waals surface area contributed by atoms with Crippen LogP contribution >= 0.6 is 22.6 Å². The van der Waals surface area contributed by atoms with Gasteiger partial charge in [0.1, 0.15) is 0 Å². The summed E-state index contributed by atoms with van der Waals surface area (Å²) in [4.78, 5) is 10.6. The molecular weight excluding hydrogens is 271 g/mol. The third-order valence-corrected chi connectivity index (χ3v) is 2.08. The number of carbonyl (C=O) groups is 1. The van der Waals surface area contributed by atoms with Crippen LogP contribution in [0.4, 0.5) is 0 Å². The van der Waals surface area contributed by atoms with Crippen LogP contribution in [0.1, 0.15) is 19.3 Å². The zero-order valence-electron chi connectivity index (χ0n) is 7.35. The molecule has 0 saturated carbocycles. The van der Waals surface area contributed by atoms with Crippen molar-refractivity contribution in [2.24, 2.45) is 0 Å². The molecule has 0 aliphatic rings. The molecule has 0 unspecified atom stereocenters. The van der Waals surface area contributed by atoms with Crippen molar-refractivity contribution in [1.82, 2.24) is 0 Å². The number of hydrogen-bond acceptors (Lipinski definition) is 3. The van der Waals surface area contributed by atoms with Crippen molar-refractivity contribution in [2.45, 2.75) is 19.3 Å². The highest BCUT2D eigenvalue weighted by molar-refractivity contribution is 14.1. The zero-order chi connectivity index (χ0) is 9.23. The van der Waals surface area contributed by atoms with Crippen molar-refractivity contribution >= 4 is 28.6 Å². The van der Waals surface area contributed by atoms with Crippen LogP contribution in [0.15, 0.2) is 0 Å². The van der Waals surface area contributed by atoms with E-state index in [0.717, 1.165) is 23.9 Å². The highest BCUT2D eigenvalue weighted by Crippen LogP contribution is 1.94. The Labute approximate surface area is 86.9 Å². The van der Waals surface area contributed by atoms with Gasteiger partial charge in [-0.2, -0.15) is 0 Å². The number of rotatable bonds is 7. The predicted molar refractivity (Wildman–Crippen MR) is 55.6 cm³/mol. The molecule has 3 nitrogen and oxygen atoms in total. The maximum Gasteiger partial charge on any atom is 0.305 e. The van der Waals surface area contributed by atoms with E-state index in [4.69, 9.17) is 4.74 Å². The molecule has 0 radical (unpaired) electrons. The van der Waals surface area contributed by atoms with Gasteiger partial charge in [-0.15, -0.1) is 0 Å². The van der Waals surface area contributed by atoms with Gasteiger partial charge in [0, 0.05) is 24.1 Å². The summed E-state index contributed by atoms with van der Waals surface area (Å²) >= 11 is 2.31. The van der Waals surface area contributed by atoms with Gasteiger partial charge < -0.3 is 9.47 Å². The minimum Gasteiger partial charge on any atom is -0.469 e. The second kappa shape index (κ2) is 9.25. The normalized spacial score (nSPS) is 9.83. The number of ether oxygens (including phenoxy) is 2. The third kappa shape index (κ3) is 8.26. The predicted octanol–water partition coefficient (Wildman–Crippen LogP) is 1.78. The molecule has 4 heteroatoms. The van der Waals surface area contributed by atoms with Gasteiger partial charge in [-0.05, 0) is 12.8 Å². The van der Waals surface area contributed by atoms with Crippen molar-refractivity contribution in [3.8, 4) is 0 Å². The molecule has 72 valence electrons. The van der Waals surface area contributed by atoms with Crippen LogP contribution in [0, 0.1) is 0 Å². The Morgan fingerprint density at radius 3 is 2.58 bits per heavy atom. The fourth-order valence-electron chi connectivity index (χ4n) is 0.679. The van der Waals surface area contributed by atoms with Gasteiger partial charge in [-0.3, -0.25) is 4.79 Å². The lowest BCUT2D eigenvalue weighted by molar-refractivity contribution is -0.141. The molecular formula is C8H15IO3. The van der Waals surface area contributed by atoms with Crippen molar-refractivity contribution in [2.75, 3.05) is 24.8 Å². The molecule has 0 heterocycles. The highest BCUT2D eigenvalue weighted by Gasteiger charge is 1.98. The van der Waals surface area contributed by atoms with Crippen LogP contribution in [0.3, 0.4) is 0 Å². The Balaban J connectivity index is 2.95. The quantitative estimate of drug-likeness (QED) is 0.310. The maximum atomic E-state index is 10.6. The Kier molecular flexibility index (Phi) is 9.37. The summed E-state index contributed by atoms with van der Waals surface area (Å²) in [6, 6.07) is 0. The summed E-state index contributed by atoms with van der Waals surface area (Å²) in [5.41, 5.74) is 0. The van der Waals surface area contributed by atoms with Crippen LogP contribution in [-0.4, -0.2) is 30.7 Å². The van der Waals surface area contributed by atoms with E-state index in [-0.39, 0.29) is 5.97 Å². The van der Waals surface area contributed by atoms with Crippen LogP contribution in [0.25, 0.3) is 0 Å². The van der Waals surface area contributed by atoms with Gasteiger partial charge in [0.2, 0.25) is 0 Å². The average molecular weight is 286 g/mol. The fraction of sp³-hybridized carbons (Fsp3) is 0.875. The maximum absolute atomic E-state index is 10.6. The van der Waals surface area contributed by atoms with E-state index in [1.54, 1.807) is 0 Å². The lowest BCUT2D eigenvalue weighted by atomic mass is 10.3. The van der Waals surface area contributed by atoms with Crippen molar-refractivity contribution in [3.63, 3.8) is 0 Å². The highest BCUT2D eigenvalue weighted by atomic mass is 127. The average Bonchev–Trinajstić information content (AvgIpc) is 2.10. The molecule has 0 spiro atoms. The van der Waals surface area contributed by atoms with E-state index in [2.05, 4.69) is 27.3 Å². The SMILES string of the molecule is COC(=O)CCCOCCCI. The zero-order valence-corrected chi connectivity index (χ0v) is 9.50. The van der Waals surface area contributed by atoms with E-state index in [1.165, 1.54) is 7.11 Å². The molecule has 0 N–H and O–H groups in total. The Morgan fingerprint density at radius 1 is 1.33 bits per heavy atom. The van der Waals surface area contributed by atoms with Crippen LogP contribution in [-0.2, 0) is 14.3 Å². The molecule has 0 rings (SSSR count). The summed E-state index contributed by atoms with van der Waals surface area (Å²) < 4.78 is 10.9. The summed E-state index contributed by atoms with van der Waals surface area (Å²) in [6.07, 6.45) is 2.30. The first-order valence-corrected chi connectivity index (χ1v) is 5.54. The molecule has 0 aromatic heterocycles. The first-order valence-electron chi connectivity index (χ1n) is 4.01. The number of alkyl halides is 1. The molecule has 0 bridgehead atoms. The molecule has 0 aliphatic heterocycles. The first-order chi connectivity index (χ1) is 5.81. The molecule has 0 saturated heterocycles. The van der Waals surface area contributed by atoms with Gasteiger partial charge in [-0.1, -0.05) is 22.6 Å². The minimum absolute atomic E-state index is 0.160. The second-order valence-electron chi connectivity index (χ2n) is 2.33. The standard InChI is InChI=1S/C8H15IO3/c1-11-8(10)4-2-6-12-7-3-5-9/h2-7H2,1H3. The summed E-state index contributed by atoms with van der Waals surface area (Å²) in [7, 11) is 1.40. The number of esters is 1. The topological polar surface area (TPSA) is 35.5 Å². The molecule has 0 amide bonds. The summed E-state index contributed by atoms with van der Waals surface area (Å²) in [6.45, 7) is 1.45. The van der Waals surface area contributed by atoms with Gasteiger partial charge in [0.25, 0.3) is 0 Å². The molecule has 0 aromatic rings. The van der Waals surface area contributed by atoms with Gasteiger partial charge in [0.15, 0.2) is 0 Å². The molecule has 0 atom stereocenters. The Bertz CT molecular complexity index is 117. The number of carbonyl (C=O) groups excluding carboxylic acids is 1. The number of hydrogen-bond donors (Lipinski definition) is 0. The van der Waals surface area contributed by atoms with Crippen LogP contribution in [0.5, 0.6) is 0 Å². The van der Waals surface area contributed by atoms with Crippen LogP contribution < -0.4 is 0 Å².